The van der Waals surface area contributed by atoms with Crippen molar-refractivity contribution in [2.24, 2.45) is 4.36 Å². The molecule has 1 aliphatic heterocycles. The van der Waals surface area contributed by atoms with Gasteiger partial charge in [0.2, 0.25) is 0 Å². The number of fused-ring (bicyclic) bond motifs is 1. The second-order valence-electron chi connectivity index (χ2n) is 7.96. The lowest BCUT2D eigenvalue weighted by molar-refractivity contribution is -0.158. The van der Waals surface area contributed by atoms with Gasteiger partial charge in [-0.25, -0.2) is 18.7 Å². The zero-order valence-corrected chi connectivity index (χ0v) is 20.2. The van der Waals surface area contributed by atoms with Gasteiger partial charge < -0.3 is 20.1 Å². The van der Waals surface area contributed by atoms with Crippen LogP contribution in [0.4, 0.5) is 34.8 Å². The first-order valence-electron chi connectivity index (χ1n) is 10.9. The Morgan fingerprint density at radius 2 is 1.97 bits per heavy atom. The molecule has 8 nitrogen and oxygen atoms in total. The van der Waals surface area contributed by atoms with E-state index in [1.807, 2.05) is 6.07 Å². The molecule has 2 N–H and O–H groups in total. The number of benzene rings is 2. The van der Waals surface area contributed by atoms with Crippen LogP contribution < -0.4 is 20.1 Å². The summed E-state index contributed by atoms with van der Waals surface area (Å²) in [4.78, 5) is 20.5. The zero-order valence-electron chi connectivity index (χ0n) is 19.4. The summed E-state index contributed by atoms with van der Waals surface area (Å²) in [5.41, 5.74) is 1.55. The minimum absolute atomic E-state index is 0.00517. The quantitative estimate of drug-likeness (QED) is 0.410. The number of halogens is 4. The minimum atomic E-state index is -4.60. The molecule has 13 heteroatoms. The lowest BCUT2D eigenvalue weighted by atomic mass is 10.2. The van der Waals surface area contributed by atoms with Gasteiger partial charge in [0.15, 0.2) is 6.61 Å². The van der Waals surface area contributed by atoms with Crippen molar-refractivity contribution in [2.75, 3.05) is 30.5 Å². The van der Waals surface area contributed by atoms with Gasteiger partial charge >= 0.3 is 6.18 Å². The molecule has 2 heterocycles. The van der Waals surface area contributed by atoms with Crippen molar-refractivity contribution in [2.45, 2.75) is 25.6 Å². The second-order valence-corrected chi connectivity index (χ2v) is 9.89. The van der Waals surface area contributed by atoms with Crippen molar-refractivity contribution < 1.29 is 31.8 Å². The fourth-order valence-corrected chi connectivity index (χ4v) is 4.45. The van der Waals surface area contributed by atoms with Gasteiger partial charge in [-0.1, -0.05) is 10.7 Å². The fraction of sp³-hybridized carbons (Fsp3) is 0.348. The Labute approximate surface area is 206 Å². The van der Waals surface area contributed by atoms with Crippen LogP contribution in [0.2, 0.25) is 0 Å². The summed E-state index contributed by atoms with van der Waals surface area (Å²) in [6, 6.07) is 5.10. The first-order chi connectivity index (χ1) is 17.1. The number of amides is 1. The SMILES string of the molecule is COc1cc(N=S2CCC2)cc2ncnc(Nc3ccc(F)cc3OCC(=O)NC(C)C(F)(F)F)c12. The fourth-order valence-electron chi connectivity index (χ4n) is 3.32. The van der Waals surface area contributed by atoms with Gasteiger partial charge in [-0.3, -0.25) is 4.79 Å². The molecular weight excluding hydrogens is 502 g/mol. The summed E-state index contributed by atoms with van der Waals surface area (Å²) in [5.74, 6) is 1.17. The summed E-state index contributed by atoms with van der Waals surface area (Å²) in [5, 5.41) is 5.36. The number of methoxy groups -OCH3 is 1. The summed E-state index contributed by atoms with van der Waals surface area (Å²) < 4.78 is 67.6. The number of nitrogens with one attached hydrogen (secondary N) is 2. The molecule has 1 aliphatic rings. The second kappa shape index (κ2) is 10.6. The molecule has 4 rings (SSSR count). The topological polar surface area (TPSA) is 97.7 Å². The van der Waals surface area contributed by atoms with Crippen molar-refractivity contribution in [3.8, 4) is 11.5 Å². The Balaban J connectivity index is 1.59. The van der Waals surface area contributed by atoms with Gasteiger partial charge in [0.25, 0.3) is 5.91 Å². The number of rotatable bonds is 8. The molecular formula is C23H23F4N5O3S. The van der Waals surface area contributed by atoms with Crippen LogP contribution in [-0.2, 0) is 15.5 Å². The van der Waals surface area contributed by atoms with E-state index < -0.39 is 30.5 Å². The lowest BCUT2D eigenvalue weighted by Crippen LogP contribution is -2.44. The highest BCUT2D eigenvalue weighted by Gasteiger charge is 2.37. The molecule has 2 aromatic carbocycles. The standard InChI is InChI=1S/C23H23F4N5O3S/c1-13(23(25,26)27)30-20(33)11-35-18-8-14(24)4-5-16(18)31-22-21-17(28-12-29-22)9-15(10-19(21)34-2)32-36-6-3-7-36/h4-5,8-10,12-13H,3,6-7,11H2,1-2H3,(H,30,33)(H,28,29,31). The third-order valence-corrected chi connectivity index (χ3v) is 7.31. The molecule has 3 aromatic rings. The smallest absolute Gasteiger partial charge is 0.408 e. The Bertz CT molecular complexity index is 1310. The molecule has 192 valence electrons. The molecule has 1 atom stereocenters. The largest absolute Gasteiger partial charge is 0.496 e. The highest BCUT2D eigenvalue weighted by Crippen LogP contribution is 2.37. The van der Waals surface area contributed by atoms with Gasteiger partial charge in [0, 0.05) is 23.6 Å². The Kier molecular flexibility index (Phi) is 7.57. The van der Waals surface area contributed by atoms with Crippen LogP contribution >= 0.6 is 0 Å². The number of ether oxygens (including phenoxy) is 2. The van der Waals surface area contributed by atoms with Crippen molar-refractivity contribution in [1.29, 1.82) is 0 Å². The number of hydrogen-bond acceptors (Lipinski definition) is 7. The molecule has 1 aromatic heterocycles. The summed E-state index contributed by atoms with van der Waals surface area (Å²) in [7, 11) is 1.51. The minimum Gasteiger partial charge on any atom is -0.496 e. The normalized spacial score (nSPS) is 14.6. The zero-order chi connectivity index (χ0) is 25.9. The van der Waals surface area contributed by atoms with E-state index in [4.69, 9.17) is 13.8 Å². The van der Waals surface area contributed by atoms with E-state index in [0.29, 0.717) is 22.5 Å². The van der Waals surface area contributed by atoms with Gasteiger partial charge in [-0.05, 0) is 31.5 Å². The Morgan fingerprint density at radius 3 is 2.64 bits per heavy atom. The number of nitrogens with zero attached hydrogens (tertiary/aromatic N) is 3. The maximum absolute atomic E-state index is 13.9. The van der Waals surface area contributed by atoms with Crippen molar-refractivity contribution in [3.63, 3.8) is 0 Å². The van der Waals surface area contributed by atoms with Crippen LogP contribution in [0.3, 0.4) is 0 Å². The maximum atomic E-state index is 13.9. The highest BCUT2D eigenvalue weighted by atomic mass is 32.2. The number of aromatic nitrogens is 2. The van der Waals surface area contributed by atoms with E-state index in [9.17, 15) is 22.4 Å². The Hall–Kier alpha value is -3.48. The number of anilines is 2. The third-order valence-electron chi connectivity index (χ3n) is 5.32. The average Bonchev–Trinajstić information content (AvgIpc) is 2.80. The van der Waals surface area contributed by atoms with E-state index >= 15 is 0 Å². The average molecular weight is 526 g/mol. The van der Waals surface area contributed by atoms with Crippen molar-refractivity contribution in [3.05, 3.63) is 42.5 Å². The molecule has 0 radical (unpaired) electrons. The predicted octanol–water partition coefficient (Wildman–Crippen LogP) is 4.80. The number of alkyl halides is 3. The molecule has 0 saturated carbocycles. The van der Waals surface area contributed by atoms with E-state index in [1.54, 1.807) is 11.4 Å². The molecule has 0 bridgehead atoms. The molecule has 1 fully saturated rings. The van der Waals surface area contributed by atoms with Gasteiger partial charge in [-0.15, -0.1) is 0 Å². The third kappa shape index (κ3) is 6.01. The molecule has 1 unspecified atom stereocenters. The van der Waals surface area contributed by atoms with Crippen LogP contribution in [0.15, 0.2) is 41.0 Å². The van der Waals surface area contributed by atoms with Gasteiger partial charge in [0.05, 0.1) is 29.4 Å². The Morgan fingerprint density at radius 1 is 1.19 bits per heavy atom. The molecule has 1 saturated heterocycles. The highest BCUT2D eigenvalue weighted by molar-refractivity contribution is 7.88. The molecule has 0 aliphatic carbocycles. The molecule has 36 heavy (non-hydrogen) atoms. The predicted molar refractivity (Wildman–Crippen MR) is 129 cm³/mol. The van der Waals surface area contributed by atoms with E-state index in [2.05, 4.69) is 15.3 Å². The van der Waals surface area contributed by atoms with Crippen LogP contribution in [-0.4, -0.2) is 53.3 Å². The first-order valence-corrected chi connectivity index (χ1v) is 12.4. The van der Waals surface area contributed by atoms with Crippen LogP contribution in [0.5, 0.6) is 11.5 Å². The number of carbonyl (C=O) groups is 1. The number of carbonyl (C=O) groups excluding carboxylic acids is 1. The van der Waals surface area contributed by atoms with Crippen molar-refractivity contribution >= 4 is 44.7 Å². The van der Waals surface area contributed by atoms with E-state index in [1.165, 1.54) is 25.9 Å². The molecule has 1 amide bonds. The summed E-state index contributed by atoms with van der Waals surface area (Å²) in [6.07, 6.45) is -2.09. The molecule has 0 spiro atoms. The maximum Gasteiger partial charge on any atom is 0.408 e. The summed E-state index contributed by atoms with van der Waals surface area (Å²) in [6.45, 7) is 0.0607. The van der Waals surface area contributed by atoms with E-state index in [0.717, 1.165) is 36.2 Å². The van der Waals surface area contributed by atoms with Crippen LogP contribution in [0.25, 0.3) is 10.9 Å². The van der Waals surface area contributed by atoms with Crippen LogP contribution in [0, 0.1) is 5.82 Å². The van der Waals surface area contributed by atoms with Gasteiger partial charge in [0.1, 0.15) is 35.5 Å². The van der Waals surface area contributed by atoms with Gasteiger partial charge in [-0.2, -0.15) is 13.2 Å². The lowest BCUT2D eigenvalue weighted by Gasteiger charge is -2.18. The first kappa shape index (κ1) is 25.6. The van der Waals surface area contributed by atoms with Crippen LogP contribution in [0.1, 0.15) is 13.3 Å². The van der Waals surface area contributed by atoms with Crippen molar-refractivity contribution in [1.82, 2.24) is 15.3 Å². The van der Waals surface area contributed by atoms with E-state index in [-0.39, 0.29) is 22.1 Å². The summed E-state index contributed by atoms with van der Waals surface area (Å²) >= 11 is 0. The monoisotopic (exact) mass is 525 g/mol. The number of hydrogen-bond donors (Lipinski definition) is 2.